The van der Waals surface area contributed by atoms with E-state index in [0.717, 1.165) is 38.3 Å². The molecule has 160 valence electrons. The number of nitrogens with one attached hydrogen (secondary N) is 2. The van der Waals surface area contributed by atoms with Crippen LogP contribution in [0.15, 0.2) is 54.6 Å². The summed E-state index contributed by atoms with van der Waals surface area (Å²) in [6.45, 7) is 10.4. The molecular formula is C25H34N3O2+. The monoisotopic (exact) mass is 408 g/mol. The van der Waals surface area contributed by atoms with Crippen LogP contribution < -0.4 is 10.2 Å². The van der Waals surface area contributed by atoms with Crippen LogP contribution in [0.4, 0.5) is 0 Å². The summed E-state index contributed by atoms with van der Waals surface area (Å²) in [5, 5.41) is 3.02. The molecule has 2 N–H and O–H groups in total. The number of hydrogen-bond donors (Lipinski definition) is 2. The van der Waals surface area contributed by atoms with Gasteiger partial charge in [0.1, 0.15) is 12.6 Å². The number of hydrogen-bond acceptors (Lipinski definition) is 2. The van der Waals surface area contributed by atoms with Crippen molar-refractivity contribution in [1.29, 1.82) is 0 Å². The Kier molecular flexibility index (Phi) is 7.63. The van der Waals surface area contributed by atoms with E-state index in [2.05, 4.69) is 43.4 Å². The quantitative estimate of drug-likeness (QED) is 0.737. The number of amides is 2. The van der Waals surface area contributed by atoms with Crippen LogP contribution in [0.1, 0.15) is 41.8 Å². The van der Waals surface area contributed by atoms with Crippen molar-refractivity contribution in [3.63, 3.8) is 0 Å². The summed E-state index contributed by atoms with van der Waals surface area (Å²) in [4.78, 5) is 29.5. The first-order valence-electron chi connectivity index (χ1n) is 11.0. The molecule has 2 aromatic carbocycles. The van der Waals surface area contributed by atoms with E-state index in [1.165, 1.54) is 10.5 Å². The molecule has 0 bridgehead atoms. The zero-order valence-electron chi connectivity index (χ0n) is 18.4. The minimum Gasteiger partial charge on any atom is -0.340 e. The van der Waals surface area contributed by atoms with Gasteiger partial charge >= 0.3 is 0 Å². The minimum atomic E-state index is -0.479. The molecule has 5 heteroatoms. The molecule has 1 atom stereocenters. The maximum absolute atomic E-state index is 13.3. The lowest BCUT2D eigenvalue weighted by molar-refractivity contribution is -0.917. The van der Waals surface area contributed by atoms with Crippen LogP contribution in [0.3, 0.4) is 0 Å². The van der Waals surface area contributed by atoms with E-state index in [9.17, 15) is 9.59 Å². The van der Waals surface area contributed by atoms with Crippen molar-refractivity contribution in [3.05, 3.63) is 71.3 Å². The SMILES string of the molecule is Cc1ccccc1C(=O)N[C@H](CC(C)C)C(=O)N1CC[NH+](Cc2ccccc2)CC1. The summed E-state index contributed by atoms with van der Waals surface area (Å²) in [6.07, 6.45) is 0.646. The van der Waals surface area contributed by atoms with E-state index < -0.39 is 6.04 Å². The van der Waals surface area contributed by atoms with Gasteiger partial charge in [-0.25, -0.2) is 0 Å². The topological polar surface area (TPSA) is 53.9 Å². The smallest absolute Gasteiger partial charge is 0.252 e. The van der Waals surface area contributed by atoms with Crippen molar-refractivity contribution in [2.45, 2.75) is 39.8 Å². The molecule has 1 fully saturated rings. The number of aryl methyl sites for hydroxylation is 1. The van der Waals surface area contributed by atoms with Crippen molar-refractivity contribution >= 4 is 11.8 Å². The van der Waals surface area contributed by atoms with Gasteiger partial charge < -0.3 is 15.1 Å². The van der Waals surface area contributed by atoms with Gasteiger partial charge in [-0.05, 0) is 30.9 Å². The normalized spacial score (nSPS) is 15.8. The number of carbonyl (C=O) groups excluding carboxylic acids is 2. The molecule has 5 nitrogen and oxygen atoms in total. The highest BCUT2D eigenvalue weighted by Gasteiger charge is 2.31. The highest BCUT2D eigenvalue weighted by Crippen LogP contribution is 2.12. The summed E-state index contributed by atoms with van der Waals surface area (Å²) in [6, 6.07) is 17.5. The second kappa shape index (κ2) is 10.4. The Morgan fingerprint density at radius 2 is 1.63 bits per heavy atom. The van der Waals surface area contributed by atoms with E-state index in [-0.39, 0.29) is 11.8 Å². The Hall–Kier alpha value is -2.66. The second-order valence-corrected chi connectivity index (χ2v) is 8.71. The van der Waals surface area contributed by atoms with Gasteiger partial charge in [0.05, 0.1) is 26.2 Å². The molecule has 1 saturated heterocycles. The number of quaternary nitrogens is 1. The molecule has 1 heterocycles. The molecule has 0 spiro atoms. The average Bonchev–Trinajstić information content (AvgIpc) is 2.74. The van der Waals surface area contributed by atoms with Crippen LogP contribution in [0.25, 0.3) is 0 Å². The minimum absolute atomic E-state index is 0.0457. The molecule has 1 aliphatic rings. The summed E-state index contributed by atoms with van der Waals surface area (Å²) in [5.41, 5.74) is 2.88. The van der Waals surface area contributed by atoms with Gasteiger partial charge in [-0.3, -0.25) is 9.59 Å². The van der Waals surface area contributed by atoms with Gasteiger partial charge in [0.15, 0.2) is 0 Å². The first kappa shape index (κ1) is 22.0. The molecule has 3 rings (SSSR count). The molecule has 0 saturated carbocycles. The van der Waals surface area contributed by atoms with Gasteiger partial charge in [0.25, 0.3) is 5.91 Å². The summed E-state index contributed by atoms with van der Waals surface area (Å²) < 4.78 is 0. The van der Waals surface area contributed by atoms with Crippen LogP contribution in [-0.2, 0) is 11.3 Å². The molecule has 0 unspecified atom stereocenters. The molecule has 0 aliphatic carbocycles. The number of piperazine rings is 1. The molecule has 1 aliphatic heterocycles. The van der Waals surface area contributed by atoms with Crippen molar-refractivity contribution in [1.82, 2.24) is 10.2 Å². The Balaban J connectivity index is 1.60. The zero-order chi connectivity index (χ0) is 21.5. The van der Waals surface area contributed by atoms with Crippen LogP contribution >= 0.6 is 0 Å². The average molecular weight is 409 g/mol. The fraction of sp³-hybridized carbons (Fsp3) is 0.440. The lowest BCUT2D eigenvalue weighted by Gasteiger charge is -2.34. The van der Waals surface area contributed by atoms with Crippen molar-refractivity contribution in [2.24, 2.45) is 5.92 Å². The lowest BCUT2D eigenvalue weighted by Crippen LogP contribution is -3.13. The van der Waals surface area contributed by atoms with E-state index in [1.54, 1.807) is 0 Å². The van der Waals surface area contributed by atoms with Crippen molar-refractivity contribution < 1.29 is 14.5 Å². The first-order valence-corrected chi connectivity index (χ1v) is 11.0. The van der Waals surface area contributed by atoms with E-state index in [4.69, 9.17) is 0 Å². The molecule has 2 aromatic rings. The Bertz CT molecular complexity index is 842. The predicted octanol–water partition coefficient (Wildman–Crippen LogP) is 2.07. The summed E-state index contributed by atoms with van der Waals surface area (Å²) in [7, 11) is 0. The Labute approximate surface area is 180 Å². The highest BCUT2D eigenvalue weighted by atomic mass is 16.2. The Morgan fingerprint density at radius 1 is 1.00 bits per heavy atom. The zero-order valence-corrected chi connectivity index (χ0v) is 18.4. The van der Waals surface area contributed by atoms with Gasteiger partial charge in [0, 0.05) is 11.1 Å². The van der Waals surface area contributed by atoms with Gasteiger partial charge in [-0.15, -0.1) is 0 Å². The van der Waals surface area contributed by atoms with Gasteiger partial charge in [-0.1, -0.05) is 62.4 Å². The predicted molar refractivity (Wildman–Crippen MR) is 119 cm³/mol. The third-order valence-electron chi connectivity index (χ3n) is 5.78. The van der Waals surface area contributed by atoms with E-state index in [0.29, 0.717) is 17.9 Å². The van der Waals surface area contributed by atoms with Crippen LogP contribution in [-0.4, -0.2) is 48.9 Å². The molecule has 0 aromatic heterocycles. The number of rotatable bonds is 7. The van der Waals surface area contributed by atoms with Crippen LogP contribution in [0, 0.1) is 12.8 Å². The number of carbonyl (C=O) groups is 2. The molecule has 2 amide bonds. The summed E-state index contributed by atoms with van der Waals surface area (Å²) in [5.74, 6) is 0.200. The van der Waals surface area contributed by atoms with E-state index >= 15 is 0 Å². The van der Waals surface area contributed by atoms with Gasteiger partial charge in [0.2, 0.25) is 5.91 Å². The first-order chi connectivity index (χ1) is 14.4. The van der Waals surface area contributed by atoms with Crippen LogP contribution in [0.2, 0.25) is 0 Å². The third kappa shape index (κ3) is 5.92. The third-order valence-corrected chi connectivity index (χ3v) is 5.78. The maximum Gasteiger partial charge on any atom is 0.252 e. The summed E-state index contributed by atoms with van der Waals surface area (Å²) >= 11 is 0. The van der Waals surface area contributed by atoms with E-state index in [1.807, 2.05) is 42.2 Å². The van der Waals surface area contributed by atoms with Crippen molar-refractivity contribution in [3.8, 4) is 0 Å². The Morgan fingerprint density at radius 3 is 2.27 bits per heavy atom. The standard InChI is InChI=1S/C25H33N3O2/c1-19(2)17-23(26-24(29)22-12-8-7-9-20(22)3)25(30)28-15-13-27(14-16-28)18-21-10-5-4-6-11-21/h4-12,19,23H,13-18H2,1-3H3,(H,26,29)/p+1/t23-/m1/s1. The largest absolute Gasteiger partial charge is 0.340 e. The second-order valence-electron chi connectivity index (χ2n) is 8.71. The highest BCUT2D eigenvalue weighted by molar-refractivity contribution is 5.98. The molecular weight excluding hydrogens is 374 g/mol. The fourth-order valence-electron chi connectivity index (χ4n) is 4.08. The fourth-order valence-corrected chi connectivity index (χ4v) is 4.08. The number of nitrogens with zero attached hydrogens (tertiary/aromatic N) is 1. The number of benzene rings is 2. The van der Waals surface area contributed by atoms with Crippen LogP contribution in [0.5, 0.6) is 0 Å². The lowest BCUT2D eigenvalue weighted by atomic mass is 10.0. The van der Waals surface area contributed by atoms with Crippen molar-refractivity contribution in [2.75, 3.05) is 26.2 Å². The maximum atomic E-state index is 13.3. The molecule has 30 heavy (non-hydrogen) atoms. The molecule has 0 radical (unpaired) electrons. The van der Waals surface area contributed by atoms with Gasteiger partial charge in [-0.2, -0.15) is 0 Å².